The minimum atomic E-state index is -3.77. The van der Waals surface area contributed by atoms with Gasteiger partial charge in [-0.2, -0.15) is 0 Å². The first-order valence-corrected chi connectivity index (χ1v) is 17.4. The maximum atomic E-state index is 14.8. The molecule has 1 fully saturated rings. The molecule has 0 saturated carbocycles. The van der Waals surface area contributed by atoms with Crippen LogP contribution in [0, 0.1) is 0 Å². The molecule has 3 aromatic carbocycles. The Morgan fingerprint density at radius 2 is 1.67 bits per heavy atom. The summed E-state index contributed by atoms with van der Waals surface area (Å²) in [4.78, 5) is 41.4. The van der Waals surface area contributed by atoms with E-state index in [4.69, 9.17) is 14.2 Å². The fourth-order valence-corrected chi connectivity index (χ4v) is 7.59. The van der Waals surface area contributed by atoms with Crippen LogP contribution < -0.4 is 25.4 Å². The maximum absolute atomic E-state index is 14.8. The number of rotatable bonds is 10. The average Bonchev–Trinajstić information content (AvgIpc) is 3.58. The Morgan fingerprint density at radius 1 is 0.938 bits per heavy atom. The third-order valence-electron chi connectivity index (χ3n) is 8.96. The SMILES string of the molecule is COC(=O)Nc1ccc(S(=O)(=O)C(C)C)c(C2CCCN2C(=O)C(Nc2ccc3c(c2)C(=O)NCC3C)c2ccc(OC)c(OC)c2)c1. The molecule has 2 heterocycles. The Morgan fingerprint density at radius 3 is 2.35 bits per heavy atom. The fraction of sp³-hybridized carbons (Fsp3) is 0.400. The van der Waals surface area contributed by atoms with Gasteiger partial charge in [0.05, 0.1) is 37.5 Å². The van der Waals surface area contributed by atoms with Crippen LogP contribution in [0.5, 0.6) is 11.5 Å². The van der Waals surface area contributed by atoms with E-state index in [2.05, 4.69) is 16.0 Å². The van der Waals surface area contributed by atoms with Gasteiger partial charge in [0.2, 0.25) is 5.91 Å². The highest BCUT2D eigenvalue weighted by Gasteiger charge is 2.38. The molecule has 2 aliphatic rings. The lowest BCUT2D eigenvalue weighted by Gasteiger charge is -2.32. The Balaban J connectivity index is 1.59. The molecule has 0 aliphatic carbocycles. The molecule has 13 heteroatoms. The number of carbonyl (C=O) groups is 3. The van der Waals surface area contributed by atoms with Crippen molar-refractivity contribution in [3.63, 3.8) is 0 Å². The second-order valence-corrected chi connectivity index (χ2v) is 14.7. The van der Waals surface area contributed by atoms with Crippen molar-refractivity contribution in [2.24, 2.45) is 0 Å². The Hall–Kier alpha value is -4.78. The van der Waals surface area contributed by atoms with Crippen LogP contribution in [0.3, 0.4) is 0 Å². The molecule has 1 saturated heterocycles. The van der Waals surface area contributed by atoms with E-state index in [0.717, 1.165) is 5.56 Å². The number of sulfone groups is 1. The summed E-state index contributed by atoms with van der Waals surface area (Å²) < 4.78 is 42.9. The number of anilines is 2. The highest BCUT2D eigenvalue weighted by Crippen LogP contribution is 2.41. The van der Waals surface area contributed by atoms with E-state index in [1.807, 2.05) is 19.1 Å². The lowest BCUT2D eigenvalue weighted by Crippen LogP contribution is -2.38. The number of fused-ring (bicyclic) bond motifs is 1. The van der Waals surface area contributed by atoms with Crippen molar-refractivity contribution in [3.8, 4) is 11.5 Å². The molecule has 3 amide bonds. The van der Waals surface area contributed by atoms with Gasteiger partial charge in [-0.15, -0.1) is 0 Å². The van der Waals surface area contributed by atoms with Crippen molar-refractivity contribution in [2.45, 2.75) is 61.8 Å². The van der Waals surface area contributed by atoms with Crippen LogP contribution in [0.4, 0.5) is 16.2 Å². The molecule has 5 rings (SSSR count). The number of nitrogens with one attached hydrogen (secondary N) is 3. The molecule has 3 atom stereocenters. The predicted octanol–water partition coefficient (Wildman–Crippen LogP) is 5.43. The zero-order valence-electron chi connectivity index (χ0n) is 28.0. The summed E-state index contributed by atoms with van der Waals surface area (Å²) in [5.41, 5.74) is 3.36. The van der Waals surface area contributed by atoms with Crippen molar-refractivity contribution < 1.29 is 37.0 Å². The van der Waals surface area contributed by atoms with E-state index < -0.39 is 33.3 Å². The fourth-order valence-electron chi connectivity index (χ4n) is 6.30. The molecule has 0 bridgehead atoms. The molecule has 3 aromatic rings. The molecule has 12 nitrogen and oxygen atoms in total. The third kappa shape index (κ3) is 6.77. The van der Waals surface area contributed by atoms with Crippen LogP contribution in [0.25, 0.3) is 0 Å². The van der Waals surface area contributed by atoms with E-state index in [1.165, 1.54) is 33.5 Å². The van der Waals surface area contributed by atoms with Crippen molar-refractivity contribution in [1.82, 2.24) is 10.2 Å². The van der Waals surface area contributed by atoms with Gasteiger partial charge in [-0.3, -0.25) is 14.9 Å². The van der Waals surface area contributed by atoms with Gasteiger partial charge in [0.25, 0.3) is 5.91 Å². The first kappa shape index (κ1) is 34.6. The number of carbonyl (C=O) groups excluding carboxylic acids is 3. The Bertz CT molecular complexity index is 1830. The summed E-state index contributed by atoms with van der Waals surface area (Å²) in [6.45, 7) is 6.17. The van der Waals surface area contributed by atoms with E-state index in [1.54, 1.807) is 49.1 Å². The van der Waals surface area contributed by atoms with Crippen molar-refractivity contribution in [2.75, 3.05) is 45.1 Å². The number of likely N-dealkylation sites (tertiary alicyclic amines) is 1. The molecule has 2 aliphatic heterocycles. The topological polar surface area (TPSA) is 152 Å². The number of amides is 3. The Kier molecular flexibility index (Phi) is 10.2. The summed E-state index contributed by atoms with van der Waals surface area (Å²) in [5.74, 6) is 0.572. The molecular weight excluding hydrogens is 636 g/mol. The molecule has 0 radical (unpaired) electrons. The van der Waals surface area contributed by atoms with Gasteiger partial charge < -0.3 is 29.7 Å². The van der Waals surface area contributed by atoms with Gasteiger partial charge in [0, 0.05) is 30.0 Å². The first-order valence-electron chi connectivity index (χ1n) is 15.8. The van der Waals surface area contributed by atoms with Gasteiger partial charge in [0.1, 0.15) is 6.04 Å². The lowest BCUT2D eigenvalue weighted by molar-refractivity contribution is -0.133. The van der Waals surface area contributed by atoms with Crippen LogP contribution in [-0.2, 0) is 19.4 Å². The quantitative estimate of drug-likeness (QED) is 0.255. The van der Waals surface area contributed by atoms with Crippen molar-refractivity contribution in [3.05, 3.63) is 76.9 Å². The summed E-state index contributed by atoms with van der Waals surface area (Å²) in [6.07, 6.45) is 0.427. The van der Waals surface area contributed by atoms with Crippen LogP contribution in [0.15, 0.2) is 59.5 Å². The highest BCUT2D eigenvalue weighted by atomic mass is 32.2. The van der Waals surface area contributed by atoms with Crippen LogP contribution in [0.1, 0.15) is 78.7 Å². The number of nitrogens with zero attached hydrogens (tertiary/aromatic N) is 1. The number of hydrogen-bond acceptors (Lipinski definition) is 9. The van der Waals surface area contributed by atoms with Crippen LogP contribution >= 0.6 is 0 Å². The minimum Gasteiger partial charge on any atom is -0.493 e. The van der Waals surface area contributed by atoms with E-state index in [-0.39, 0.29) is 22.6 Å². The largest absolute Gasteiger partial charge is 0.493 e. The van der Waals surface area contributed by atoms with Crippen LogP contribution in [0.2, 0.25) is 0 Å². The third-order valence-corrected chi connectivity index (χ3v) is 11.2. The summed E-state index contributed by atoms with van der Waals surface area (Å²) >= 11 is 0. The molecule has 48 heavy (non-hydrogen) atoms. The zero-order chi connectivity index (χ0) is 34.7. The predicted molar refractivity (Wildman–Crippen MR) is 182 cm³/mol. The molecule has 0 aromatic heterocycles. The van der Waals surface area contributed by atoms with E-state index in [9.17, 15) is 22.8 Å². The molecule has 3 unspecified atom stereocenters. The van der Waals surface area contributed by atoms with Gasteiger partial charge in [-0.25, -0.2) is 13.2 Å². The maximum Gasteiger partial charge on any atom is 0.411 e. The second kappa shape index (κ2) is 14.1. The molecule has 3 N–H and O–H groups in total. The summed E-state index contributed by atoms with van der Waals surface area (Å²) in [7, 11) is 0.509. The van der Waals surface area contributed by atoms with Gasteiger partial charge in [0.15, 0.2) is 21.3 Å². The van der Waals surface area contributed by atoms with Gasteiger partial charge >= 0.3 is 6.09 Å². The van der Waals surface area contributed by atoms with E-state index in [0.29, 0.717) is 65.5 Å². The molecule has 256 valence electrons. The summed E-state index contributed by atoms with van der Waals surface area (Å²) in [6, 6.07) is 13.7. The van der Waals surface area contributed by atoms with Crippen molar-refractivity contribution >= 4 is 39.1 Å². The second-order valence-electron chi connectivity index (χ2n) is 12.3. The van der Waals surface area contributed by atoms with Gasteiger partial charge in [-0.1, -0.05) is 19.1 Å². The van der Waals surface area contributed by atoms with Crippen LogP contribution in [-0.4, -0.2) is 70.9 Å². The minimum absolute atomic E-state index is 0.100. The monoisotopic (exact) mass is 678 g/mol. The standard InChI is InChI=1S/C35H42N4O8S/c1-20(2)48(43,44)31-14-11-24(38-35(42)47-6)18-27(31)28-8-7-15-39(28)34(41)32(22-9-13-29(45-4)30(16-22)46-5)37-23-10-12-25-21(3)19-36-33(40)26(25)17-23/h9-14,16-18,20-21,28,32,37H,7-8,15,19H2,1-6H3,(H,36,40)(H,38,42). The van der Waals surface area contributed by atoms with E-state index >= 15 is 0 Å². The normalized spacial score (nSPS) is 18.1. The average molecular weight is 679 g/mol. The number of ether oxygens (including phenoxy) is 3. The molecule has 0 spiro atoms. The Labute approximate surface area is 281 Å². The first-order chi connectivity index (χ1) is 22.9. The number of benzene rings is 3. The zero-order valence-corrected chi connectivity index (χ0v) is 28.8. The van der Waals surface area contributed by atoms with Crippen molar-refractivity contribution in [1.29, 1.82) is 0 Å². The lowest BCUT2D eigenvalue weighted by atomic mass is 9.91. The summed E-state index contributed by atoms with van der Waals surface area (Å²) in [5, 5.41) is 8.17. The smallest absolute Gasteiger partial charge is 0.411 e. The number of methoxy groups -OCH3 is 3. The number of hydrogen-bond donors (Lipinski definition) is 3. The molecular formula is C35H42N4O8S. The highest BCUT2D eigenvalue weighted by molar-refractivity contribution is 7.92. The van der Waals surface area contributed by atoms with Gasteiger partial charge in [-0.05, 0) is 91.8 Å².